The van der Waals surface area contributed by atoms with Gasteiger partial charge >= 0.3 is 0 Å². The van der Waals surface area contributed by atoms with Crippen molar-refractivity contribution >= 4 is 11.6 Å². The van der Waals surface area contributed by atoms with E-state index in [0.717, 1.165) is 17.4 Å². The first-order chi connectivity index (χ1) is 8.72. The molecule has 0 spiro atoms. The number of rotatable bonds is 5. The van der Waals surface area contributed by atoms with Gasteiger partial charge in [-0.15, -0.1) is 0 Å². The molecule has 1 aliphatic carbocycles. The molecule has 0 bridgehead atoms. The Balaban J connectivity index is 1.86. The number of methoxy groups -OCH3 is 1. The fourth-order valence-electron chi connectivity index (χ4n) is 2.10. The van der Waals surface area contributed by atoms with Gasteiger partial charge in [0, 0.05) is 5.69 Å². The van der Waals surface area contributed by atoms with Crippen molar-refractivity contribution < 1.29 is 4.74 Å². The van der Waals surface area contributed by atoms with Gasteiger partial charge in [-0.1, -0.05) is 13.3 Å². The monoisotopic (exact) mass is 247 g/mol. The number of nitrogens with two attached hydrogens (primary N) is 1. The molecule has 2 rings (SSSR count). The quantitative estimate of drug-likeness (QED) is 0.621. The molecule has 0 heterocycles. The number of hydrogen-bond donors (Lipinski definition) is 2. The van der Waals surface area contributed by atoms with E-state index in [4.69, 9.17) is 10.5 Å². The third-order valence-corrected chi connectivity index (χ3v) is 3.21. The van der Waals surface area contributed by atoms with Crippen LogP contribution in [0.15, 0.2) is 29.3 Å². The number of nitrogens with one attached hydrogen (secondary N) is 1. The van der Waals surface area contributed by atoms with Crippen LogP contribution in [0.5, 0.6) is 5.75 Å². The van der Waals surface area contributed by atoms with E-state index < -0.39 is 0 Å². The minimum Gasteiger partial charge on any atom is -0.497 e. The zero-order chi connectivity index (χ0) is 13.0. The van der Waals surface area contributed by atoms with Crippen molar-refractivity contribution in [2.24, 2.45) is 16.6 Å². The van der Waals surface area contributed by atoms with Crippen LogP contribution in [-0.2, 0) is 0 Å². The first-order valence-corrected chi connectivity index (χ1v) is 6.47. The van der Waals surface area contributed by atoms with Crippen LogP contribution in [0.1, 0.15) is 26.2 Å². The molecule has 2 unspecified atom stereocenters. The molecule has 1 aliphatic rings. The molecule has 98 valence electrons. The van der Waals surface area contributed by atoms with Gasteiger partial charge in [-0.25, -0.2) is 4.99 Å². The molecule has 1 aromatic carbocycles. The standard InChI is InChI=1S/C14H21N3O/c1-3-4-10-9-13(10)17-14(15)16-11-5-7-12(18-2)8-6-11/h5-8,10,13H,3-4,9H2,1-2H3,(H3,15,16,17). The Labute approximate surface area is 108 Å². The molecule has 0 saturated heterocycles. The molecular formula is C14H21N3O. The summed E-state index contributed by atoms with van der Waals surface area (Å²) in [5, 5.41) is 3.10. The van der Waals surface area contributed by atoms with Crippen molar-refractivity contribution in [1.29, 1.82) is 0 Å². The van der Waals surface area contributed by atoms with E-state index in [1.807, 2.05) is 24.3 Å². The summed E-state index contributed by atoms with van der Waals surface area (Å²) in [5.74, 6) is 2.08. The van der Waals surface area contributed by atoms with E-state index in [9.17, 15) is 0 Å². The van der Waals surface area contributed by atoms with Gasteiger partial charge in [0.25, 0.3) is 0 Å². The van der Waals surface area contributed by atoms with E-state index in [1.54, 1.807) is 7.11 Å². The second-order valence-electron chi connectivity index (χ2n) is 4.72. The SMILES string of the molecule is CCCC1CC1N=C(N)Nc1ccc(OC)cc1. The first-order valence-electron chi connectivity index (χ1n) is 6.47. The Morgan fingerprint density at radius 1 is 1.44 bits per heavy atom. The molecule has 18 heavy (non-hydrogen) atoms. The number of guanidine groups is 1. The van der Waals surface area contributed by atoms with Crippen LogP contribution in [0, 0.1) is 5.92 Å². The predicted molar refractivity (Wildman–Crippen MR) is 75.0 cm³/mol. The van der Waals surface area contributed by atoms with Crippen LogP contribution in [0.25, 0.3) is 0 Å². The Morgan fingerprint density at radius 2 is 2.17 bits per heavy atom. The molecule has 2 atom stereocenters. The smallest absolute Gasteiger partial charge is 0.193 e. The van der Waals surface area contributed by atoms with Crippen LogP contribution < -0.4 is 15.8 Å². The van der Waals surface area contributed by atoms with E-state index in [-0.39, 0.29) is 0 Å². The number of ether oxygens (including phenoxy) is 1. The lowest BCUT2D eigenvalue weighted by atomic mass is 10.2. The summed E-state index contributed by atoms with van der Waals surface area (Å²) in [6.07, 6.45) is 3.66. The lowest BCUT2D eigenvalue weighted by molar-refractivity contribution is 0.415. The maximum Gasteiger partial charge on any atom is 0.193 e. The van der Waals surface area contributed by atoms with Crippen molar-refractivity contribution in [3.63, 3.8) is 0 Å². The average Bonchev–Trinajstić information content (AvgIpc) is 3.08. The largest absolute Gasteiger partial charge is 0.497 e. The second kappa shape index (κ2) is 5.76. The Kier molecular flexibility index (Phi) is 4.07. The minimum absolute atomic E-state index is 0.427. The highest BCUT2D eigenvalue weighted by Gasteiger charge is 2.35. The number of anilines is 1. The van der Waals surface area contributed by atoms with Gasteiger partial charge in [0.05, 0.1) is 13.2 Å². The number of aliphatic imine (C=N–C) groups is 1. The second-order valence-corrected chi connectivity index (χ2v) is 4.72. The van der Waals surface area contributed by atoms with E-state index in [2.05, 4.69) is 17.2 Å². The molecule has 0 radical (unpaired) electrons. The van der Waals surface area contributed by atoms with Gasteiger partial charge in [0.2, 0.25) is 0 Å². The molecule has 1 saturated carbocycles. The van der Waals surface area contributed by atoms with E-state index >= 15 is 0 Å². The zero-order valence-corrected chi connectivity index (χ0v) is 11.0. The van der Waals surface area contributed by atoms with Crippen LogP contribution in [0.2, 0.25) is 0 Å². The fourth-order valence-corrected chi connectivity index (χ4v) is 2.10. The van der Waals surface area contributed by atoms with Crippen LogP contribution in [-0.4, -0.2) is 19.1 Å². The van der Waals surface area contributed by atoms with Crippen LogP contribution >= 0.6 is 0 Å². The third kappa shape index (κ3) is 3.39. The molecule has 0 amide bonds. The summed E-state index contributed by atoms with van der Waals surface area (Å²) in [7, 11) is 1.65. The molecule has 0 aromatic heterocycles. The summed E-state index contributed by atoms with van der Waals surface area (Å²) in [5.41, 5.74) is 6.82. The van der Waals surface area contributed by atoms with E-state index in [1.165, 1.54) is 19.3 Å². The van der Waals surface area contributed by atoms with Crippen LogP contribution in [0.3, 0.4) is 0 Å². The molecular weight excluding hydrogens is 226 g/mol. The van der Waals surface area contributed by atoms with E-state index in [0.29, 0.717) is 12.0 Å². The van der Waals surface area contributed by atoms with Crippen molar-refractivity contribution in [2.75, 3.05) is 12.4 Å². The Bertz CT molecular complexity index is 414. The predicted octanol–water partition coefficient (Wildman–Crippen LogP) is 2.61. The van der Waals surface area contributed by atoms with Gasteiger partial charge in [0.1, 0.15) is 5.75 Å². The highest BCUT2D eigenvalue weighted by Crippen LogP contribution is 2.37. The maximum absolute atomic E-state index is 5.88. The van der Waals surface area contributed by atoms with Gasteiger partial charge in [0.15, 0.2) is 5.96 Å². The van der Waals surface area contributed by atoms with Gasteiger partial charge in [-0.3, -0.25) is 0 Å². The number of benzene rings is 1. The van der Waals surface area contributed by atoms with Crippen LogP contribution in [0.4, 0.5) is 5.69 Å². The summed E-state index contributed by atoms with van der Waals surface area (Å²) in [6, 6.07) is 8.07. The van der Waals surface area contributed by atoms with Crippen molar-refractivity contribution in [3.05, 3.63) is 24.3 Å². The highest BCUT2D eigenvalue weighted by molar-refractivity contribution is 5.92. The minimum atomic E-state index is 0.427. The van der Waals surface area contributed by atoms with Crippen molar-refractivity contribution in [2.45, 2.75) is 32.2 Å². The Hall–Kier alpha value is -1.71. The van der Waals surface area contributed by atoms with Crippen molar-refractivity contribution in [3.8, 4) is 5.75 Å². The van der Waals surface area contributed by atoms with Crippen molar-refractivity contribution in [1.82, 2.24) is 0 Å². The molecule has 3 N–H and O–H groups in total. The van der Waals surface area contributed by atoms with Gasteiger partial charge < -0.3 is 15.8 Å². The summed E-state index contributed by atoms with van der Waals surface area (Å²) in [6.45, 7) is 2.21. The van der Waals surface area contributed by atoms with Gasteiger partial charge in [-0.2, -0.15) is 0 Å². The molecule has 1 aromatic rings. The number of hydrogen-bond acceptors (Lipinski definition) is 2. The third-order valence-electron chi connectivity index (χ3n) is 3.21. The zero-order valence-electron chi connectivity index (χ0n) is 11.0. The summed E-state index contributed by atoms with van der Waals surface area (Å²) >= 11 is 0. The highest BCUT2D eigenvalue weighted by atomic mass is 16.5. The lowest BCUT2D eigenvalue weighted by Gasteiger charge is -2.06. The Morgan fingerprint density at radius 3 is 2.78 bits per heavy atom. The summed E-state index contributed by atoms with van der Waals surface area (Å²) in [4.78, 5) is 4.48. The molecule has 4 heteroatoms. The molecule has 4 nitrogen and oxygen atoms in total. The first kappa shape index (κ1) is 12.7. The summed E-state index contributed by atoms with van der Waals surface area (Å²) < 4.78 is 5.10. The maximum atomic E-state index is 5.88. The topological polar surface area (TPSA) is 59.6 Å². The molecule has 0 aliphatic heterocycles. The number of nitrogens with zero attached hydrogens (tertiary/aromatic N) is 1. The average molecular weight is 247 g/mol. The van der Waals surface area contributed by atoms with Gasteiger partial charge in [-0.05, 0) is 43.0 Å². The molecule has 1 fully saturated rings. The lowest BCUT2D eigenvalue weighted by Crippen LogP contribution is -2.23. The normalized spacial score (nSPS) is 22.7. The fraction of sp³-hybridized carbons (Fsp3) is 0.500.